The molecule has 3 aromatic rings. The number of amidine groups is 1. The number of H-pyrrole nitrogens is 1. The highest BCUT2D eigenvalue weighted by atomic mass is 32.2. The fourth-order valence-electron chi connectivity index (χ4n) is 3.57. The van der Waals surface area contributed by atoms with Crippen LogP contribution in [0.15, 0.2) is 55.3 Å². The lowest BCUT2D eigenvalue weighted by Crippen LogP contribution is -2.37. The van der Waals surface area contributed by atoms with Gasteiger partial charge in [0.25, 0.3) is 0 Å². The van der Waals surface area contributed by atoms with Crippen LogP contribution in [0.5, 0.6) is 0 Å². The molecule has 2 aromatic carbocycles. The van der Waals surface area contributed by atoms with Crippen molar-refractivity contribution in [3.05, 3.63) is 35.9 Å². The van der Waals surface area contributed by atoms with E-state index in [1.165, 1.54) is 12.1 Å². The van der Waals surface area contributed by atoms with Crippen LogP contribution in [0.3, 0.4) is 0 Å². The molecule has 1 aromatic heterocycles. The lowest BCUT2D eigenvalue weighted by atomic mass is 9.97. The van der Waals surface area contributed by atoms with Gasteiger partial charge in [-0.25, -0.2) is 36.7 Å². The number of para-hydroxylation sites is 1. The van der Waals surface area contributed by atoms with Crippen LogP contribution < -0.4 is 21.3 Å². The van der Waals surface area contributed by atoms with E-state index in [4.69, 9.17) is 16.6 Å². The zero-order valence-corrected chi connectivity index (χ0v) is 19.7. The summed E-state index contributed by atoms with van der Waals surface area (Å²) in [5.41, 5.74) is 13.4. The molecule has 0 aliphatic carbocycles. The van der Waals surface area contributed by atoms with Crippen molar-refractivity contribution in [3.63, 3.8) is 0 Å². The van der Waals surface area contributed by atoms with E-state index in [1.807, 2.05) is 0 Å². The van der Waals surface area contributed by atoms with Gasteiger partial charge in [-0.05, 0) is 24.1 Å². The highest BCUT2D eigenvalue weighted by molar-refractivity contribution is 7.92. The first-order valence-electron chi connectivity index (χ1n) is 10.1. The van der Waals surface area contributed by atoms with E-state index in [-0.39, 0.29) is 30.6 Å². The molecule has 0 saturated heterocycles. The summed E-state index contributed by atoms with van der Waals surface area (Å²) in [6, 6.07) is 7.31. The minimum atomic E-state index is -4.59. The van der Waals surface area contributed by atoms with Gasteiger partial charge >= 0.3 is 0 Å². The predicted octanol–water partition coefficient (Wildman–Crippen LogP) is 0.645. The van der Waals surface area contributed by atoms with Crippen molar-refractivity contribution in [2.24, 2.45) is 26.1 Å². The molecule has 0 amide bonds. The zero-order valence-electron chi connectivity index (χ0n) is 18.1. The van der Waals surface area contributed by atoms with Gasteiger partial charge in [-0.3, -0.25) is 0 Å². The van der Waals surface area contributed by atoms with Crippen molar-refractivity contribution >= 4 is 42.9 Å². The normalized spacial score (nSPS) is 15.1. The van der Waals surface area contributed by atoms with Gasteiger partial charge in [-0.2, -0.15) is 5.11 Å². The molecule has 1 atom stereocenters. The number of imidazole rings is 1. The third-order valence-electron chi connectivity index (χ3n) is 5.25. The highest BCUT2D eigenvalue weighted by Gasteiger charge is 2.33. The number of nitrogens with zero attached hydrogens (tertiary/aromatic N) is 4. The molecule has 8 N–H and O–H groups in total. The number of azo groups is 1. The van der Waals surface area contributed by atoms with Crippen LogP contribution >= 0.6 is 0 Å². The SMILES string of the molecule is CC[C@@H](N)CNS(=O)(=O)c1ccc(-c2cccc3[nH]c(N)nc23)c(C2=NCN=N2)c1S(N)(=O)=O. The average Bonchev–Trinajstić information content (AvgIpc) is 3.44. The molecule has 0 spiro atoms. The Morgan fingerprint density at radius 3 is 2.56 bits per heavy atom. The Kier molecular flexibility index (Phi) is 6.22. The summed E-state index contributed by atoms with van der Waals surface area (Å²) < 4.78 is 54.3. The highest BCUT2D eigenvalue weighted by Crippen LogP contribution is 2.37. The van der Waals surface area contributed by atoms with Gasteiger partial charge in [0.1, 0.15) is 9.79 Å². The lowest BCUT2D eigenvalue weighted by Gasteiger charge is -2.18. The Balaban J connectivity index is 2.05. The minimum Gasteiger partial charge on any atom is -0.369 e. The van der Waals surface area contributed by atoms with E-state index in [0.29, 0.717) is 28.6 Å². The van der Waals surface area contributed by atoms with Crippen molar-refractivity contribution in [1.29, 1.82) is 0 Å². The van der Waals surface area contributed by atoms with E-state index in [2.05, 4.69) is 29.9 Å². The number of aromatic nitrogens is 2. The molecule has 0 fully saturated rings. The molecule has 0 bridgehead atoms. The summed E-state index contributed by atoms with van der Waals surface area (Å²) in [6.45, 7) is 1.67. The number of sulfonamides is 2. The number of primary sulfonamides is 1. The van der Waals surface area contributed by atoms with Crippen LogP contribution in [-0.4, -0.2) is 51.9 Å². The number of nitrogens with one attached hydrogen (secondary N) is 2. The molecule has 15 heteroatoms. The maximum atomic E-state index is 13.1. The molecule has 13 nitrogen and oxygen atoms in total. The Bertz CT molecular complexity index is 1540. The molecule has 0 unspecified atom stereocenters. The Morgan fingerprint density at radius 1 is 1.15 bits per heavy atom. The number of rotatable bonds is 8. The molecular weight excluding hydrogens is 482 g/mol. The number of hydrogen-bond donors (Lipinski definition) is 5. The smallest absolute Gasteiger partial charge is 0.241 e. The molecular formula is C19H23N9O4S2. The van der Waals surface area contributed by atoms with Crippen molar-refractivity contribution in [2.45, 2.75) is 29.2 Å². The van der Waals surface area contributed by atoms with E-state index in [9.17, 15) is 16.8 Å². The summed E-state index contributed by atoms with van der Waals surface area (Å²) in [5.74, 6) is 0.0890. The standard InChI is InChI=1S/C19H23N9O4S2/c1-2-10(20)8-25-34(31,32)14-7-6-11(12-4-3-5-13-16(12)27-19(21)26-13)15(17(14)33(22,29)30)18-23-9-24-28-18/h3-7,10,25H,2,8-9,20H2,1H3,(H3,21,26,27)(H2,22,29,30)/t10-/m1/s1. The van der Waals surface area contributed by atoms with Gasteiger partial charge in [0.2, 0.25) is 20.0 Å². The maximum Gasteiger partial charge on any atom is 0.241 e. The third kappa shape index (κ3) is 4.43. The quantitative estimate of drug-likeness (QED) is 0.293. The molecule has 2 heterocycles. The molecule has 34 heavy (non-hydrogen) atoms. The number of anilines is 1. The fraction of sp³-hybridized carbons (Fsp3) is 0.263. The number of aliphatic imine (C=N–C) groups is 1. The van der Waals surface area contributed by atoms with Gasteiger partial charge < -0.3 is 16.5 Å². The largest absolute Gasteiger partial charge is 0.369 e. The number of hydrogen-bond acceptors (Lipinski definition) is 10. The van der Waals surface area contributed by atoms with Crippen molar-refractivity contribution < 1.29 is 16.8 Å². The molecule has 0 saturated carbocycles. The van der Waals surface area contributed by atoms with Gasteiger partial charge in [-0.15, -0.1) is 5.11 Å². The first kappa shape index (κ1) is 23.9. The van der Waals surface area contributed by atoms with E-state index < -0.39 is 35.9 Å². The van der Waals surface area contributed by atoms with Gasteiger partial charge in [0, 0.05) is 18.2 Å². The van der Waals surface area contributed by atoms with Crippen molar-refractivity contribution in [1.82, 2.24) is 14.7 Å². The second-order valence-corrected chi connectivity index (χ2v) is 10.8. The number of aromatic amines is 1. The van der Waals surface area contributed by atoms with Crippen LogP contribution in [0, 0.1) is 0 Å². The van der Waals surface area contributed by atoms with Crippen LogP contribution in [0.4, 0.5) is 5.95 Å². The maximum absolute atomic E-state index is 13.1. The lowest BCUT2D eigenvalue weighted by molar-refractivity contribution is 0.559. The van der Waals surface area contributed by atoms with Crippen LogP contribution in [0.1, 0.15) is 18.9 Å². The number of nitrogen functional groups attached to an aromatic ring is 1. The molecule has 0 radical (unpaired) electrons. The number of benzene rings is 2. The summed E-state index contributed by atoms with van der Waals surface area (Å²) in [7, 11) is -8.92. The minimum absolute atomic E-state index is 0.0427. The first-order valence-corrected chi connectivity index (χ1v) is 13.2. The fourth-order valence-corrected chi connectivity index (χ4v) is 6.26. The Labute approximate surface area is 195 Å². The predicted molar refractivity (Wildman–Crippen MR) is 127 cm³/mol. The summed E-state index contributed by atoms with van der Waals surface area (Å²) in [6.07, 6.45) is 0.517. The van der Waals surface area contributed by atoms with Crippen LogP contribution in [-0.2, 0) is 20.0 Å². The average molecular weight is 506 g/mol. The molecule has 1 aliphatic heterocycles. The second kappa shape index (κ2) is 8.84. The van der Waals surface area contributed by atoms with Gasteiger partial charge in [0.05, 0.1) is 16.6 Å². The third-order valence-corrected chi connectivity index (χ3v) is 7.84. The van der Waals surface area contributed by atoms with E-state index in [0.717, 1.165) is 0 Å². The van der Waals surface area contributed by atoms with Gasteiger partial charge in [-0.1, -0.05) is 25.1 Å². The number of fused-ring (bicyclic) bond motifs is 1. The zero-order chi connectivity index (χ0) is 24.7. The van der Waals surface area contributed by atoms with Crippen LogP contribution in [0.2, 0.25) is 0 Å². The first-order chi connectivity index (χ1) is 16.0. The molecule has 4 rings (SSSR count). The Morgan fingerprint density at radius 2 is 1.91 bits per heavy atom. The van der Waals surface area contributed by atoms with Gasteiger partial charge in [0.15, 0.2) is 18.5 Å². The summed E-state index contributed by atoms with van der Waals surface area (Å²) in [4.78, 5) is 10.1. The molecule has 1 aliphatic rings. The van der Waals surface area contributed by atoms with Crippen molar-refractivity contribution in [2.75, 3.05) is 18.9 Å². The van der Waals surface area contributed by atoms with Crippen molar-refractivity contribution in [3.8, 4) is 11.1 Å². The second-order valence-electron chi connectivity index (χ2n) is 7.57. The molecule has 180 valence electrons. The summed E-state index contributed by atoms with van der Waals surface area (Å²) in [5, 5.41) is 13.3. The topological polar surface area (TPSA) is 224 Å². The monoisotopic (exact) mass is 505 g/mol. The summed E-state index contributed by atoms with van der Waals surface area (Å²) >= 11 is 0. The number of nitrogens with two attached hydrogens (primary N) is 3. The van der Waals surface area contributed by atoms with E-state index >= 15 is 0 Å². The Hall–Kier alpha value is -3.24. The van der Waals surface area contributed by atoms with E-state index in [1.54, 1.807) is 25.1 Å². The van der Waals surface area contributed by atoms with Crippen LogP contribution in [0.25, 0.3) is 22.2 Å².